The molecule has 2 atom stereocenters. The van der Waals surface area contributed by atoms with Gasteiger partial charge in [0.05, 0.1) is 0 Å². The minimum Gasteiger partial charge on any atom is -0.301 e. The third-order valence-electron chi connectivity index (χ3n) is 2.35. The number of nitrogens with zero attached hydrogens (tertiary/aromatic N) is 2. The van der Waals surface area contributed by atoms with Gasteiger partial charge in [-0.2, -0.15) is 0 Å². The highest BCUT2D eigenvalue weighted by molar-refractivity contribution is 4.78. The Morgan fingerprint density at radius 2 is 1.80 bits per heavy atom. The first-order valence-corrected chi connectivity index (χ1v) is 3.83. The van der Waals surface area contributed by atoms with Crippen molar-refractivity contribution in [3.8, 4) is 0 Å². The third kappa shape index (κ3) is 1.48. The van der Waals surface area contributed by atoms with Crippen LogP contribution in [0, 0.1) is 0 Å². The van der Waals surface area contributed by atoms with Crippen LogP contribution in [0.2, 0.25) is 0 Å². The summed E-state index contributed by atoms with van der Waals surface area (Å²) >= 11 is 0. The Labute approximate surface area is 62.8 Å². The van der Waals surface area contributed by atoms with E-state index in [0.29, 0.717) is 12.1 Å². The fraction of sp³-hybridized carbons (Fsp3) is 1.00. The van der Waals surface area contributed by atoms with E-state index in [1.54, 1.807) is 0 Å². The molecule has 0 aromatic carbocycles. The first-order chi connectivity index (χ1) is 4.61. The molecule has 3 nitrogen and oxygen atoms in total. The smallest absolute Gasteiger partial charge is 0.0340 e. The molecule has 0 bridgehead atoms. The van der Waals surface area contributed by atoms with Crippen LogP contribution in [0.3, 0.4) is 0 Å². The molecule has 0 radical (unpaired) electrons. The van der Waals surface area contributed by atoms with Gasteiger partial charge in [-0.05, 0) is 20.9 Å². The Hall–Kier alpha value is -0.120. The highest BCUT2D eigenvalue weighted by atomic mass is 15.5. The zero-order chi connectivity index (χ0) is 7.72. The average molecular weight is 143 g/mol. The SMILES string of the molecule is CC1CN(N)C(C)CN1C. The number of piperazine rings is 1. The predicted octanol–water partition coefficient (Wildman–Crippen LogP) is -0.115. The summed E-state index contributed by atoms with van der Waals surface area (Å²) in [6, 6.07) is 1.10. The third-order valence-corrected chi connectivity index (χ3v) is 2.35. The van der Waals surface area contributed by atoms with E-state index in [4.69, 9.17) is 5.84 Å². The molecule has 1 rings (SSSR count). The van der Waals surface area contributed by atoms with Crippen LogP contribution in [0.15, 0.2) is 0 Å². The van der Waals surface area contributed by atoms with Crippen LogP contribution in [-0.2, 0) is 0 Å². The van der Waals surface area contributed by atoms with E-state index in [-0.39, 0.29) is 0 Å². The van der Waals surface area contributed by atoms with Gasteiger partial charge in [0.25, 0.3) is 0 Å². The zero-order valence-electron chi connectivity index (χ0n) is 7.04. The van der Waals surface area contributed by atoms with Crippen LogP contribution in [0.25, 0.3) is 0 Å². The van der Waals surface area contributed by atoms with E-state index in [9.17, 15) is 0 Å². The quantitative estimate of drug-likeness (QED) is 0.480. The van der Waals surface area contributed by atoms with E-state index in [2.05, 4.69) is 25.8 Å². The molecule has 10 heavy (non-hydrogen) atoms. The lowest BCUT2D eigenvalue weighted by molar-refractivity contribution is 0.0603. The summed E-state index contributed by atoms with van der Waals surface area (Å²) in [5.41, 5.74) is 0. The largest absolute Gasteiger partial charge is 0.301 e. The van der Waals surface area contributed by atoms with Crippen molar-refractivity contribution in [1.29, 1.82) is 0 Å². The van der Waals surface area contributed by atoms with Crippen LogP contribution in [0.5, 0.6) is 0 Å². The second kappa shape index (κ2) is 2.86. The molecule has 0 spiro atoms. The van der Waals surface area contributed by atoms with Crippen molar-refractivity contribution < 1.29 is 0 Å². The lowest BCUT2D eigenvalue weighted by Gasteiger charge is -2.39. The highest BCUT2D eigenvalue weighted by Gasteiger charge is 2.23. The number of rotatable bonds is 0. The van der Waals surface area contributed by atoms with Crippen LogP contribution in [0.4, 0.5) is 0 Å². The first-order valence-electron chi connectivity index (χ1n) is 3.83. The molecule has 2 unspecified atom stereocenters. The topological polar surface area (TPSA) is 32.5 Å². The first kappa shape index (κ1) is 7.98. The lowest BCUT2D eigenvalue weighted by Crippen LogP contribution is -2.57. The van der Waals surface area contributed by atoms with E-state index in [1.165, 1.54) is 0 Å². The molecule has 3 heteroatoms. The molecule has 0 amide bonds. The molecular formula is C7H17N3. The van der Waals surface area contributed by atoms with Gasteiger partial charge in [-0.15, -0.1) is 0 Å². The average Bonchev–Trinajstić information content (AvgIpc) is 1.84. The number of nitrogens with two attached hydrogens (primary N) is 1. The summed E-state index contributed by atoms with van der Waals surface area (Å²) in [6.45, 7) is 6.42. The Kier molecular flexibility index (Phi) is 2.28. The minimum atomic E-state index is 0.501. The minimum absolute atomic E-state index is 0.501. The molecule has 2 N–H and O–H groups in total. The van der Waals surface area contributed by atoms with E-state index in [0.717, 1.165) is 13.1 Å². The van der Waals surface area contributed by atoms with Crippen molar-refractivity contribution in [3.63, 3.8) is 0 Å². The maximum absolute atomic E-state index is 5.74. The van der Waals surface area contributed by atoms with Gasteiger partial charge in [0.15, 0.2) is 0 Å². The van der Waals surface area contributed by atoms with Crippen molar-refractivity contribution >= 4 is 0 Å². The fourth-order valence-corrected chi connectivity index (χ4v) is 1.33. The molecule has 60 valence electrons. The molecule has 1 aliphatic rings. The monoisotopic (exact) mass is 143 g/mol. The number of hydrogen-bond acceptors (Lipinski definition) is 3. The van der Waals surface area contributed by atoms with Gasteiger partial charge >= 0.3 is 0 Å². The van der Waals surface area contributed by atoms with Crippen molar-refractivity contribution in [1.82, 2.24) is 9.91 Å². The Bertz CT molecular complexity index is 89.4. The van der Waals surface area contributed by atoms with E-state index in [1.807, 2.05) is 5.01 Å². The summed E-state index contributed by atoms with van der Waals surface area (Å²) in [6.07, 6.45) is 0. The normalized spacial score (nSPS) is 38.4. The lowest BCUT2D eigenvalue weighted by atomic mass is 10.1. The molecular weight excluding hydrogens is 126 g/mol. The molecule has 1 fully saturated rings. The van der Waals surface area contributed by atoms with Crippen molar-refractivity contribution in [2.24, 2.45) is 5.84 Å². The van der Waals surface area contributed by atoms with Crippen molar-refractivity contribution in [2.45, 2.75) is 25.9 Å². The Morgan fingerprint density at radius 1 is 1.20 bits per heavy atom. The molecule has 0 aromatic rings. The van der Waals surface area contributed by atoms with E-state index >= 15 is 0 Å². The highest BCUT2D eigenvalue weighted by Crippen LogP contribution is 2.08. The molecule has 1 aliphatic heterocycles. The van der Waals surface area contributed by atoms with Crippen LogP contribution < -0.4 is 5.84 Å². The van der Waals surface area contributed by atoms with Gasteiger partial charge in [0.2, 0.25) is 0 Å². The second-order valence-corrected chi connectivity index (χ2v) is 3.33. The van der Waals surface area contributed by atoms with Gasteiger partial charge in [0.1, 0.15) is 0 Å². The Balaban J connectivity index is 2.46. The Morgan fingerprint density at radius 3 is 2.30 bits per heavy atom. The van der Waals surface area contributed by atoms with Crippen LogP contribution >= 0.6 is 0 Å². The number of hydrazine groups is 1. The van der Waals surface area contributed by atoms with Crippen LogP contribution in [-0.4, -0.2) is 42.1 Å². The molecule has 1 heterocycles. The summed E-state index contributed by atoms with van der Waals surface area (Å²) in [5, 5.41) is 1.92. The second-order valence-electron chi connectivity index (χ2n) is 3.33. The van der Waals surface area contributed by atoms with Gasteiger partial charge in [-0.3, -0.25) is 5.84 Å². The molecule has 1 saturated heterocycles. The standard InChI is InChI=1S/C7H17N3/c1-6-5-10(8)7(2)4-9(6)3/h6-7H,4-5,8H2,1-3H3. The summed E-state index contributed by atoms with van der Waals surface area (Å²) in [7, 11) is 2.15. The van der Waals surface area contributed by atoms with E-state index < -0.39 is 0 Å². The van der Waals surface area contributed by atoms with Gasteiger partial charge in [-0.25, -0.2) is 5.01 Å². The number of likely N-dealkylation sites (N-methyl/N-ethyl adjacent to an activating group) is 1. The van der Waals surface area contributed by atoms with Crippen molar-refractivity contribution in [3.05, 3.63) is 0 Å². The molecule has 0 aromatic heterocycles. The molecule has 0 aliphatic carbocycles. The zero-order valence-corrected chi connectivity index (χ0v) is 7.04. The summed E-state index contributed by atoms with van der Waals surface area (Å²) in [4.78, 5) is 2.34. The van der Waals surface area contributed by atoms with Crippen LogP contribution in [0.1, 0.15) is 13.8 Å². The summed E-state index contributed by atoms with van der Waals surface area (Å²) in [5.74, 6) is 5.74. The van der Waals surface area contributed by atoms with Gasteiger partial charge in [-0.1, -0.05) is 0 Å². The number of hydrogen-bond donors (Lipinski definition) is 1. The van der Waals surface area contributed by atoms with Gasteiger partial charge < -0.3 is 4.90 Å². The predicted molar refractivity (Wildman–Crippen MR) is 42.4 cm³/mol. The maximum Gasteiger partial charge on any atom is 0.0340 e. The fourth-order valence-electron chi connectivity index (χ4n) is 1.33. The maximum atomic E-state index is 5.74. The molecule has 0 saturated carbocycles. The van der Waals surface area contributed by atoms with Gasteiger partial charge in [0, 0.05) is 25.2 Å². The van der Waals surface area contributed by atoms with Crippen molar-refractivity contribution in [2.75, 3.05) is 20.1 Å². The summed E-state index contributed by atoms with van der Waals surface area (Å²) < 4.78 is 0.